The maximum Gasteiger partial charge on any atom is 0.239 e. The van der Waals surface area contributed by atoms with Gasteiger partial charge < -0.3 is 9.88 Å². The topological polar surface area (TPSA) is 72.7 Å². The first kappa shape index (κ1) is 23.6. The van der Waals surface area contributed by atoms with Gasteiger partial charge in [-0.3, -0.25) is 4.79 Å². The Morgan fingerprint density at radius 1 is 1.26 bits per heavy atom. The van der Waals surface area contributed by atoms with Gasteiger partial charge in [-0.25, -0.2) is 4.98 Å². The summed E-state index contributed by atoms with van der Waals surface area (Å²) in [5.74, 6) is 1.50. The summed E-state index contributed by atoms with van der Waals surface area (Å²) in [6.07, 6.45) is 2.50. The summed E-state index contributed by atoms with van der Waals surface area (Å²) in [6, 6.07) is 8.44. The third-order valence-electron chi connectivity index (χ3n) is 4.66. The van der Waals surface area contributed by atoms with Gasteiger partial charge in [0.1, 0.15) is 5.82 Å². The average molecular weight is 474 g/mol. The molecule has 0 radical (unpaired) electrons. The molecule has 1 aromatic carbocycles. The molecule has 2 heterocycles. The van der Waals surface area contributed by atoms with Crippen LogP contribution in [0.4, 0.5) is 5.13 Å². The maximum absolute atomic E-state index is 12.8. The van der Waals surface area contributed by atoms with Crippen molar-refractivity contribution in [2.24, 2.45) is 0 Å². The average Bonchev–Trinajstić information content (AvgIpc) is 3.27. The molecule has 31 heavy (non-hydrogen) atoms. The summed E-state index contributed by atoms with van der Waals surface area (Å²) in [7, 11) is 0. The second-order valence-corrected chi connectivity index (χ2v) is 10.5. The highest BCUT2D eigenvalue weighted by Gasteiger charge is 2.23. The van der Waals surface area contributed by atoms with E-state index >= 15 is 0 Å². The summed E-state index contributed by atoms with van der Waals surface area (Å²) in [5.41, 5.74) is 2.19. The van der Waals surface area contributed by atoms with Crippen LogP contribution in [0.3, 0.4) is 0 Å². The van der Waals surface area contributed by atoms with E-state index in [0.717, 1.165) is 21.6 Å². The molecule has 3 aromatic rings. The predicted molar refractivity (Wildman–Crippen MR) is 131 cm³/mol. The van der Waals surface area contributed by atoms with Crippen molar-refractivity contribution < 1.29 is 4.79 Å². The fourth-order valence-electron chi connectivity index (χ4n) is 2.77. The van der Waals surface area contributed by atoms with Gasteiger partial charge in [0.15, 0.2) is 10.3 Å². The molecule has 0 aliphatic heterocycles. The van der Waals surface area contributed by atoms with Gasteiger partial charge >= 0.3 is 0 Å². The van der Waals surface area contributed by atoms with E-state index in [9.17, 15) is 4.79 Å². The van der Waals surface area contributed by atoms with E-state index < -0.39 is 0 Å². The Bertz CT molecular complexity index is 1020. The Hall–Kier alpha value is -2.10. The van der Waals surface area contributed by atoms with E-state index in [1.165, 1.54) is 33.6 Å². The SMILES string of the molecule is C=CCn1c(CSc2ccc(C)cc2)nnc1SC(CC)C(=O)Nc1nc(C)c(C)s1. The van der Waals surface area contributed by atoms with Crippen LogP contribution in [0.15, 0.2) is 47.0 Å². The number of rotatable bonds is 10. The van der Waals surface area contributed by atoms with Crippen LogP contribution < -0.4 is 5.32 Å². The Labute approximate surface area is 196 Å². The lowest BCUT2D eigenvalue weighted by Crippen LogP contribution is -2.25. The largest absolute Gasteiger partial charge is 0.301 e. The van der Waals surface area contributed by atoms with Crippen molar-refractivity contribution >= 4 is 45.9 Å². The number of aryl methyl sites for hydroxylation is 3. The molecule has 0 saturated carbocycles. The quantitative estimate of drug-likeness (QED) is 0.303. The zero-order chi connectivity index (χ0) is 22.4. The van der Waals surface area contributed by atoms with Gasteiger partial charge in [0.05, 0.1) is 16.7 Å². The van der Waals surface area contributed by atoms with Crippen molar-refractivity contribution in [1.29, 1.82) is 0 Å². The number of hydrogen-bond donors (Lipinski definition) is 1. The number of thioether (sulfide) groups is 2. The molecule has 1 atom stereocenters. The first-order chi connectivity index (χ1) is 14.9. The molecule has 1 amide bonds. The molecule has 9 heteroatoms. The first-order valence-electron chi connectivity index (χ1n) is 10.0. The number of nitrogens with one attached hydrogen (secondary N) is 1. The molecule has 1 N–H and O–H groups in total. The van der Waals surface area contributed by atoms with Crippen LogP contribution in [0.25, 0.3) is 0 Å². The minimum absolute atomic E-state index is 0.0648. The fourth-order valence-corrected chi connectivity index (χ4v) is 5.41. The van der Waals surface area contributed by atoms with E-state index in [4.69, 9.17) is 0 Å². The first-order valence-corrected chi connectivity index (χ1v) is 12.7. The van der Waals surface area contributed by atoms with E-state index in [0.29, 0.717) is 23.8 Å². The van der Waals surface area contributed by atoms with Crippen molar-refractivity contribution in [3.8, 4) is 0 Å². The lowest BCUT2D eigenvalue weighted by Gasteiger charge is -2.14. The maximum atomic E-state index is 12.8. The number of nitrogens with zero attached hydrogens (tertiary/aromatic N) is 4. The molecular weight excluding hydrogens is 446 g/mol. The lowest BCUT2D eigenvalue weighted by molar-refractivity contribution is -0.115. The number of anilines is 1. The summed E-state index contributed by atoms with van der Waals surface area (Å²) in [4.78, 5) is 19.5. The highest BCUT2D eigenvalue weighted by atomic mass is 32.2. The Balaban J connectivity index is 1.70. The Kier molecular flexibility index (Phi) is 8.34. The van der Waals surface area contributed by atoms with Crippen LogP contribution in [0, 0.1) is 20.8 Å². The van der Waals surface area contributed by atoms with Crippen LogP contribution in [0.2, 0.25) is 0 Å². The second-order valence-electron chi connectivity index (χ2n) is 7.06. The van der Waals surface area contributed by atoms with Crippen LogP contribution >= 0.6 is 34.9 Å². The number of allylic oxidation sites excluding steroid dienone is 1. The van der Waals surface area contributed by atoms with E-state index in [2.05, 4.69) is 58.3 Å². The molecule has 1 unspecified atom stereocenters. The van der Waals surface area contributed by atoms with Crippen LogP contribution in [-0.2, 0) is 17.1 Å². The van der Waals surface area contributed by atoms with Crippen LogP contribution in [0.5, 0.6) is 0 Å². The summed E-state index contributed by atoms with van der Waals surface area (Å²) in [6.45, 7) is 12.5. The zero-order valence-corrected chi connectivity index (χ0v) is 20.7. The number of benzene rings is 1. The smallest absolute Gasteiger partial charge is 0.239 e. The number of carbonyl (C=O) groups is 1. The molecule has 0 saturated heterocycles. The van der Waals surface area contributed by atoms with Gasteiger partial charge in [0.25, 0.3) is 0 Å². The van der Waals surface area contributed by atoms with Gasteiger partial charge in [-0.15, -0.1) is 39.9 Å². The zero-order valence-electron chi connectivity index (χ0n) is 18.2. The molecule has 164 valence electrons. The van der Waals surface area contributed by atoms with E-state index in [-0.39, 0.29) is 11.2 Å². The second kappa shape index (κ2) is 11.0. The number of amides is 1. The van der Waals surface area contributed by atoms with Crippen molar-refractivity contribution in [3.63, 3.8) is 0 Å². The molecule has 0 bridgehead atoms. The molecule has 2 aromatic heterocycles. The van der Waals surface area contributed by atoms with Gasteiger partial charge in [-0.2, -0.15) is 0 Å². The summed E-state index contributed by atoms with van der Waals surface area (Å²) in [5, 5.41) is 12.8. The van der Waals surface area contributed by atoms with Crippen molar-refractivity contribution in [1.82, 2.24) is 19.7 Å². The van der Waals surface area contributed by atoms with E-state index in [1.54, 1.807) is 11.8 Å². The molecular formula is C22H27N5OS3. The van der Waals surface area contributed by atoms with Gasteiger partial charge in [-0.05, 0) is 39.3 Å². The van der Waals surface area contributed by atoms with E-state index in [1.807, 2.05) is 31.4 Å². The lowest BCUT2D eigenvalue weighted by atomic mass is 10.2. The molecule has 0 aliphatic rings. The highest BCUT2D eigenvalue weighted by molar-refractivity contribution is 8.00. The predicted octanol–water partition coefficient (Wildman–Crippen LogP) is 5.65. The van der Waals surface area contributed by atoms with Gasteiger partial charge in [-0.1, -0.05) is 42.5 Å². The number of aromatic nitrogens is 4. The van der Waals surface area contributed by atoms with Crippen LogP contribution in [-0.4, -0.2) is 30.9 Å². The normalized spacial score (nSPS) is 12.0. The molecule has 6 nitrogen and oxygen atoms in total. The summed E-state index contributed by atoms with van der Waals surface area (Å²) >= 11 is 4.65. The third kappa shape index (κ3) is 6.21. The van der Waals surface area contributed by atoms with Crippen molar-refractivity contribution in [3.05, 3.63) is 58.9 Å². The fraction of sp³-hybridized carbons (Fsp3) is 0.364. The van der Waals surface area contributed by atoms with Crippen LogP contribution in [0.1, 0.15) is 35.3 Å². The third-order valence-corrected chi connectivity index (χ3v) is 8.00. The van der Waals surface area contributed by atoms with Crippen molar-refractivity contribution in [2.45, 2.75) is 61.7 Å². The minimum atomic E-state index is -0.283. The summed E-state index contributed by atoms with van der Waals surface area (Å²) < 4.78 is 2.03. The van der Waals surface area contributed by atoms with Crippen molar-refractivity contribution in [2.75, 3.05) is 5.32 Å². The monoisotopic (exact) mass is 473 g/mol. The number of hydrogen-bond acceptors (Lipinski definition) is 7. The Morgan fingerprint density at radius 3 is 2.61 bits per heavy atom. The Morgan fingerprint density at radius 2 is 2.00 bits per heavy atom. The standard InChI is InChI=1S/C22H27N5OS3/c1-6-12-27-19(13-29-17-10-8-14(3)9-11-17)25-26-22(27)31-18(7-2)20(28)24-21-23-15(4)16(5)30-21/h6,8-11,18H,1,7,12-13H2,2-5H3,(H,23,24,28). The van der Waals surface area contributed by atoms with Gasteiger partial charge in [0.2, 0.25) is 5.91 Å². The molecule has 0 spiro atoms. The number of thiazole rings is 1. The number of carbonyl (C=O) groups excluding carboxylic acids is 1. The minimum Gasteiger partial charge on any atom is -0.301 e. The molecule has 0 fully saturated rings. The highest BCUT2D eigenvalue weighted by Crippen LogP contribution is 2.29. The molecule has 0 aliphatic carbocycles. The van der Waals surface area contributed by atoms with Gasteiger partial charge in [0, 0.05) is 16.3 Å². The molecule has 3 rings (SSSR count).